The van der Waals surface area contributed by atoms with Crippen molar-refractivity contribution in [1.82, 2.24) is 0 Å². The molecule has 0 heterocycles. The van der Waals surface area contributed by atoms with Gasteiger partial charge in [-0.2, -0.15) is 0 Å². The summed E-state index contributed by atoms with van der Waals surface area (Å²) < 4.78 is 10.6. The largest absolute Gasteiger partial charge is 0.344 e. The second kappa shape index (κ2) is 3.01. The highest BCUT2D eigenvalue weighted by Crippen LogP contribution is 2.48. The van der Waals surface area contributed by atoms with Gasteiger partial charge >= 0.3 is 7.60 Å². The lowest BCUT2D eigenvalue weighted by Crippen LogP contribution is -2.35. The van der Waals surface area contributed by atoms with Gasteiger partial charge < -0.3 is 15.5 Å². The van der Waals surface area contributed by atoms with Crippen molar-refractivity contribution in [3.8, 4) is 0 Å². The van der Waals surface area contributed by atoms with Crippen LogP contribution in [0, 0.1) is 0 Å². The van der Waals surface area contributed by atoms with Gasteiger partial charge in [0.1, 0.15) is 5.28 Å². The molecule has 0 aromatic rings. The van der Waals surface area contributed by atoms with E-state index in [0.29, 0.717) is 12.8 Å². The van der Waals surface area contributed by atoms with Crippen molar-refractivity contribution >= 4 is 7.60 Å². The summed E-state index contributed by atoms with van der Waals surface area (Å²) in [6.45, 7) is 3.21. The highest BCUT2D eigenvalue weighted by molar-refractivity contribution is 7.53. The van der Waals surface area contributed by atoms with E-state index in [1.54, 1.807) is 0 Å². The molecule has 0 spiro atoms. The Labute approximate surface area is 60.6 Å². The third kappa shape index (κ3) is 2.39. The molecule has 1 atom stereocenters. The predicted octanol–water partition coefficient (Wildman–Crippen LogP) is 0.639. The zero-order chi connectivity index (χ0) is 8.41. The molecule has 0 aliphatic heterocycles. The molecule has 0 aromatic carbocycles. The van der Waals surface area contributed by atoms with Crippen LogP contribution in [0.3, 0.4) is 0 Å². The molecule has 0 aliphatic rings. The number of hydrogen-bond acceptors (Lipinski definition) is 2. The molecule has 4 nitrogen and oxygen atoms in total. The Bertz CT molecular complexity index is 151. The van der Waals surface area contributed by atoms with Crippen molar-refractivity contribution in [3.05, 3.63) is 0 Å². The van der Waals surface area contributed by atoms with Crippen molar-refractivity contribution in [2.24, 2.45) is 5.73 Å². The molecule has 0 radical (unpaired) electrons. The van der Waals surface area contributed by atoms with Crippen LogP contribution >= 0.6 is 7.60 Å². The maximum Gasteiger partial charge on any atom is 0.344 e. The maximum atomic E-state index is 10.6. The third-order valence-corrected chi connectivity index (χ3v) is 2.98. The molecular formula is C5H14NO3P. The molecule has 0 aliphatic carbocycles. The van der Waals surface area contributed by atoms with Gasteiger partial charge in [0.2, 0.25) is 0 Å². The van der Waals surface area contributed by atoms with E-state index in [2.05, 4.69) is 0 Å². The average molecular weight is 167 g/mol. The van der Waals surface area contributed by atoms with E-state index < -0.39 is 12.9 Å². The van der Waals surface area contributed by atoms with E-state index in [9.17, 15) is 4.57 Å². The van der Waals surface area contributed by atoms with Crippen LogP contribution < -0.4 is 5.73 Å². The summed E-state index contributed by atoms with van der Waals surface area (Å²) in [5, 5.41) is -1.35. The molecule has 0 saturated carbocycles. The summed E-state index contributed by atoms with van der Waals surface area (Å²) in [7, 11) is -4.11. The summed E-state index contributed by atoms with van der Waals surface area (Å²) in [6.07, 6.45) is 1.02. The minimum Gasteiger partial charge on any atom is -0.323 e. The molecule has 0 aromatic heterocycles. The van der Waals surface area contributed by atoms with Gasteiger partial charge in [-0.15, -0.1) is 0 Å². The molecule has 0 rings (SSSR count). The van der Waals surface area contributed by atoms with Gasteiger partial charge in [0.25, 0.3) is 0 Å². The first kappa shape index (κ1) is 10.1. The minimum atomic E-state index is -4.11. The minimum absolute atomic E-state index is 0.345. The number of nitrogens with two attached hydrogens (primary N) is 1. The SMILES string of the molecule is CCC[C@](C)(N)P(=O)(O)O. The van der Waals surface area contributed by atoms with Crippen LogP contribution in [0.25, 0.3) is 0 Å². The van der Waals surface area contributed by atoms with Gasteiger partial charge in [-0.3, -0.25) is 4.57 Å². The fourth-order valence-corrected chi connectivity index (χ4v) is 1.17. The van der Waals surface area contributed by atoms with Crippen LogP contribution in [0.2, 0.25) is 0 Å². The Morgan fingerprint density at radius 2 is 2.00 bits per heavy atom. The molecule has 5 heteroatoms. The molecule has 4 N–H and O–H groups in total. The van der Waals surface area contributed by atoms with Crippen molar-refractivity contribution in [3.63, 3.8) is 0 Å². The normalized spacial score (nSPS) is 18.5. The smallest absolute Gasteiger partial charge is 0.323 e. The van der Waals surface area contributed by atoms with Crippen molar-refractivity contribution in [2.75, 3.05) is 0 Å². The lowest BCUT2D eigenvalue weighted by Gasteiger charge is -2.24. The van der Waals surface area contributed by atoms with E-state index in [-0.39, 0.29) is 0 Å². The molecule has 10 heavy (non-hydrogen) atoms. The fourth-order valence-electron chi connectivity index (χ4n) is 0.652. The van der Waals surface area contributed by atoms with E-state index in [4.69, 9.17) is 15.5 Å². The standard InChI is InChI=1S/C5H14NO3P/c1-3-4-5(2,6)10(7,8)9/h3-4,6H2,1-2H3,(H2,7,8,9)/t5-/m1/s1. The molecule has 0 saturated heterocycles. The van der Waals surface area contributed by atoms with Crippen LogP contribution in [0.1, 0.15) is 26.7 Å². The van der Waals surface area contributed by atoms with Gasteiger partial charge in [-0.25, -0.2) is 0 Å². The summed E-state index contributed by atoms with van der Waals surface area (Å²) in [4.78, 5) is 17.3. The zero-order valence-corrected chi connectivity index (χ0v) is 7.14. The Balaban J connectivity index is 4.25. The van der Waals surface area contributed by atoms with Crippen molar-refractivity contribution in [1.29, 1.82) is 0 Å². The summed E-state index contributed by atoms with van der Waals surface area (Å²) in [5.41, 5.74) is 5.34. The van der Waals surface area contributed by atoms with Crippen LogP contribution in [0.5, 0.6) is 0 Å². The van der Waals surface area contributed by atoms with Crippen LogP contribution in [-0.4, -0.2) is 15.1 Å². The Morgan fingerprint density at radius 1 is 1.60 bits per heavy atom. The molecule has 0 bridgehead atoms. The third-order valence-electron chi connectivity index (χ3n) is 1.42. The molecule has 0 unspecified atom stereocenters. The van der Waals surface area contributed by atoms with Gasteiger partial charge in [0, 0.05) is 0 Å². The van der Waals surface area contributed by atoms with E-state index in [1.165, 1.54) is 6.92 Å². The van der Waals surface area contributed by atoms with E-state index >= 15 is 0 Å². The summed E-state index contributed by atoms with van der Waals surface area (Å²) in [6, 6.07) is 0. The predicted molar refractivity (Wildman–Crippen MR) is 39.5 cm³/mol. The first-order valence-corrected chi connectivity index (χ1v) is 4.77. The second-order valence-corrected chi connectivity index (χ2v) is 4.76. The Hall–Kier alpha value is 0.110. The molecular weight excluding hydrogens is 153 g/mol. The van der Waals surface area contributed by atoms with E-state index in [0.717, 1.165) is 0 Å². The van der Waals surface area contributed by atoms with Crippen molar-refractivity contribution in [2.45, 2.75) is 32.0 Å². The molecule has 0 fully saturated rings. The van der Waals surface area contributed by atoms with Gasteiger partial charge in [-0.1, -0.05) is 13.3 Å². The van der Waals surface area contributed by atoms with Crippen LogP contribution in [-0.2, 0) is 4.57 Å². The maximum absolute atomic E-state index is 10.6. The van der Waals surface area contributed by atoms with Gasteiger partial charge in [0.05, 0.1) is 0 Å². The summed E-state index contributed by atoms with van der Waals surface area (Å²) >= 11 is 0. The Morgan fingerprint density at radius 3 is 2.10 bits per heavy atom. The van der Waals surface area contributed by atoms with Crippen LogP contribution in [0.4, 0.5) is 0 Å². The zero-order valence-electron chi connectivity index (χ0n) is 6.24. The topological polar surface area (TPSA) is 83.6 Å². The van der Waals surface area contributed by atoms with E-state index in [1.807, 2.05) is 6.92 Å². The van der Waals surface area contributed by atoms with Gasteiger partial charge in [0.15, 0.2) is 0 Å². The van der Waals surface area contributed by atoms with Crippen LogP contribution in [0.15, 0.2) is 0 Å². The second-order valence-electron chi connectivity index (χ2n) is 2.65. The number of rotatable bonds is 3. The fraction of sp³-hybridized carbons (Fsp3) is 1.00. The highest BCUT2D eigenvalue weighted by Gasteiger charge is 2.37. The van der Waals surface area contributed by atoms with Gasteiger partial charge in [-0.05, 0) is 13.3 Å². The first-order chi connectivity index (χ1) is 4.31. The first-order valence-electron chi connectivity index (χ1n) is 3.16. The molecule has 62 valence electrons. The highest BCUT2D eigenvalue weighted by atomic mass is 31.2. The quantitative estimate of drug-likeness (QED) is 0.538. The van der Waals surface area contributed by atoms with Crippen molar-refractivity contribution < 1.29 is 14.4 Å². The lowest BCUT2D eigenvalue weighted by atomic mass is 10.2. The number of hydrogen-bond donors (Lipinski definition) is 3. The molecule has 0 amide bonds. The summed E-state index contributed by atoms with van der Waals surface area (Å²) in [5.74, 6) is 0. The average Bonchev–Trinajstić information content (AvgIpc) is 1.61. The lowest BCUT2D eigenvalue weighted by molar-refractivity contribution is 0.324. The Kier molecular flexibility index (Phi) is 3.04. The monoisotopic (exact) mass is 167 g/mol.